The highest BCUT2D eigenvalue weighted by molar-refractivity contribution is 8.02. The van der Waals surface area contributed by atoms with E-state index >= 15 is 0 Å². The number of carbonyl (C=O) groups excluding carboxylic acids is 1. The normalized spacial score (nSPS) is 32.1. The van der Waals surface area contributed by atoms with E-state index in [2.05, 4.69) is 6.07 Å². The molecule has 1 aromatic carbocycles. The Morgan fingerprint density at radius 3 is 3.06 bits per heavy atom. The van der Waals surface area contributed by atoms with E-state index in [0.717, 1.165) is 17.2 Å². The summed E-state index contributed by atoms with van der Waals surface area (Å²) >= 11 is 7.71. The molecule has 1 aliphatic heterocycles. The van der Waals surface area contributed by atoms with E-state index in [0.29, 0.717) is 5.92 Å². The number of halogens is 1. The second-order valence-electron chi connectivity index (χ2n) is 4.45. The van der Waals surface area contributed by atoms with E-state index < -0.39 is 0 Å². The summed E-state index contributed by atoms with van der Waals surface area (Å²) in [6.45, 7) is 0. The summed E-state index contributed by atoms with van der Waals surface area (Å²) in [6.07, 6.45) is 2.70. The van der Waals surface area contributed by atoms with Crippen LogP contribution in [0.25, 0.3) is 0 Å². The smallest absolute Gasteiger partial charge is 0.163 e. The van der Waals surface area contributed by atoms with Crippen LogP contribution in [0, 0.1) is 5.41 Å². The number of benzene rings is 1. The third-order valence-electron chi connectivity index (χ3n) is 3.47. The van der Waals surface area contributed by atoms with E-state index in [1.54, 1.807) is 17.8 Å². The van der Waals surface area contributed by atoms with Crippen molar-refractivity contribution < 1.29 is 4.79 Å². The van der Waals surface area contributed by atoms with Gasteiger partial charge in [0.15, 0.2) is 5.78 Å². The van der Waals surface area contributed by atoms with Crippen molar-refractivity contribution in [3.05, 3.63) is 46.3 Å². The van der Waals surface area contributed by atoms with E-state index in [9.17, 15) is 4.79 Å². The zero-order valence-electron chi connectivity index (χ0n) is 8.65. The Bertz CT molecular complexity index is 483. The molecule has 0 aromatic heterocycles. The third kappa shape index (κ3) is 1.52. The van der Waals surface area contributed by atoms with E-state index in [1.165, 1.54) is 5.56 Å². The minimum absolute atomic E-state index is 0.121. The molecule has 1 nitrogen and oxygen atoms in total. The minimum Gasteiger partial charge on any atom is -0.294 e. The molecular formula is C13H11ClOS. The van der Waals surface area contributed by atoms with Gasteiger partial charge in [0, 0.05) is 16.2 Å². The molecule has 0 radical (unpaired) electrons. The molecule has 2 atom stereocenters. The van der Waals surface area contributed by atoms with Crippen molar-refractivity contribution in [2.24, 2.45) is 5.41 Å². The molecule has 2 aliphatic rings. The van der Waals surface area contributed by atoms with Gasteiger partial charge in [0.2, 0.25) is 0 Å². The summed E-state index contributed by atoms with van der Waals surface area (Å²) in [7, 11) is 0. The van der Waals surface area contributed by atoms with Gasteiger partial charge in [-0.25, -0.2) is 0 Å². The maximum absolute atomic E-state index is 11.9. The largest absolute Gasteiger partial charge is 0.294 e. The van der Waals surface area contributed by atoms with Crippen LogP contribution in [0.15, 0.2) is 35.7 Å². The van der Waals surface area contributed by atoms with Gasteiger partial charge in [-0.1, -0.05) is 23.7 Å². The number of hydrogen-bond donors (Lipinski definition) is 0. The van der Waals surface area contributed by atoms with Crippen molar-refractivity contribution in [3.8, 4) is 0 Å². The molecule has 16 heavy (non-hydrogen) atoms. The molecule has 3 heteroatoms. The predicted octanol–water partition coefficient (Wildman–Crippen LogP) is 3.64. The van der Waals surface area contributed by atoms with Gasteiger partial charge in [-0.05, 0) is 41.5 Å². The first kappa shape index (κ1) is 10.4. The number of carbonyl (C=O) groups is 1. The van der Waals surface area contributed by atoms with E-state index in [4.69, 9.17) is 11.6 Å². The maximum atomic E-state index is 11.9. The number of rotatable bonds is 1. The molecule has 1 heterocycles. The molecule has 0 amide bonds. The molecule has 1 aromatic rings. The molecule has 1 saturated carbocycles. The Balaban J connectivity index is 1.90. The number of hydrogen-bond acceptors (Lipinski definition) is 2. The molecule has 1 fully saturated rings. The monoisotopic (exact) mass is 250 g/mol. The van der Waals surface area contributed by atoms with Crippen LogP contribution in [-0.2, 0) is 4.79 Å². The first-order valence-electron chi connectivity index (χ1n) is 5.30. The fraction of sp³-hybridized carbons (Fsp3) is 0.308. The van der Waals surface area contributed by atoms with Crippen molar-refractivity contribution in [3.63, 3.8) is 0 Å². The lowest BCUT2D eigenvalue weighted by Gasteiger charge is -2.16. The molecule has 0 N–H and O–H groups in total. The van der Waals surface area contributed by atoms with Crippen LogP contribution in [0.4, 0.5) is 0 Å². The molecule has 3 rings (SSSR count). The summed E-state index contributed by atoms with van der Waals surface area (Å²) in [4.78, 5) is 11.9. The molecule has 0 bridgehead atoms. The fourth-order valence-electron chi connectivity index (χ4n) is 2.44. The minimum atomic E-state index is -0.121. The van der Waals surface area contributed by atoms with Crippen molar-refractivity contribution in [2.75, 3.05) is 5.75 Å². The fourth-order valence-corrected chi connectivity index (χ4v) is 3.71. The SMILES string of the molecule is O=C1C=CSC[C@@]12C[C@H]2c1cccc(Cl)c1. The van der Waals surface area contributed by atoms with Crippen molar-refractivity contribution in [1.29, 1.82) is 0 Å². The van der Waals surface area contributed by atoms with Crippen LogP contribution in [-0.4, -0.2) is 11.5 Å². The van der Waals surface area contributed by atoms with E-state index in [-0.39, 0.29) is 11.2 Å². The predicted molar refractivity (Wildman–Crippen MR) is 67.8 cm³/mol. The van der Waals surface area contributed by atoms with Gasteiger partial charge in [0.05, 0.1) is 0 Å². The average Bonchev–Trinajstić information content (AvgIpc) is 2.99. The number of thioether (sulfide) groups is 1. The zero-order valence-corrected chi connectivity index (χ0v) is 10.2. The standard InChI is InChI=1S/C13H11ClOS/c14-10-3-1-2-9(6-10)11-7-13(11)8-16-5-4-12(13)15/h1-6,11H,7-8H2/t11-,13+/m0/s1. The van der Waals surface area contributed by atoms with Crippen molar-refractivity contribution in [1.82, 2.24) is 0 Å². The average molecular weight is 251 g/mol. The number of allylic oxidation sites excluding steroid dienone is 1. The summed E-state index contributed by atoms with van der Waals surface area (Å²) in [5.41, 5.74) is 1.08. The second kappa shape index (κ2) is 3.64. The van der Waals surface area contributed by atoms with Crippen LogP contribution >= 0.6 is 23.4 Å². The Morgan fingerprint density at radius 1 is 1.44 bits per heavy atom. The van der Waals surface area contributed by atoms with Gasteiger partial charge >= 0.3 is 0 Å². The highest BCUT2D eigenvalue weighted by Gasteiger charge is 2.59. The third-order valence-corrected chi connectivity index (χ3v) is 4.72. The van der Waals surface area contributed by atoms with Crippen molar-refractivity contribution >= 4 is 29.1 Å². The summed E-state index contributed by atoms with van der Waals surface area (Å²) in [5, 5.41) is 2.66. The first-order chi connectivity index (χ1) is 7.72. The Hall–Kier alpha value is -0.730. The van der Waals surface area contributed by atoms with E-state index in [1.807, 2.05) is 23.6 Å². The summed E-state index contributed by atoms with van der Waals surface area (Å²) in [5.74, 6) is 1.58. The Kier molecular flexibility index (Phi) is 2.37. The van der Waals surface area contributed by atoms with Crippen LogP contribution in [0.5, 0.6) is 0 Å². The molecular weight excluding hydrogens is 240 g/mol. The van der Waals surface area contributed by atoms with Gasteiger partial charge in [-0.15, -0.1) is 11.8 Å². The lowest BCUT2D eigenvalue weighted by Crippen LogP contribution is -2.20. The number of ketones is 1. The molecule has 1 spiro atoms. The molecule has 0 saturated heterocycles. The van der Waals surface area contributed by atoms with Gasteiger partial charge in [0.1, 0.15) is 0 Å². The van der Waals surface area contributed by atoms with Gasteiger partial charge < -0.3 is 0 Å². The topological polar surface area (TPSA) is 17.1 Å². The van der Waals surface area contributed by atoms with Crippen LogP contribution < -0.4 is 0 Å². The van der Waals surface area contributed by atoms with Gasteiger partial charge in [0.25, 0.3) is 0 Å². The molecule has 82 valence electrons. The first-order valence-corrected chi connectivity index (χ1v) is 6.73. The Labute approximate surface area is 104 Å². The highest BCUT2D eigenvalue weighted by Crippen LogP contribution is 2.62. The quantitative estimate of drug-likeness (QED) is 0.757. The van der Waals surface area contributed by atoms with Gasteiger partial charge in [-0.3, -0.25) is 4.79 Å². The highest BCUT2D eigenvalue weighted by atomic mass is 35.5. The Morgan fingerprint density at radius 2 is 2.31 bits per heavy atom. The summed E-state index contributed by atoms with van der Waals surface area (Å²) < 4.78 is 0. The lowest BCUT2D eigenvalue weighted by atomic mass is 9.96. The van der Waals surface area contributed by atoms with Crippen molar-refractivity contribution in [2.45, 2.75) is 12.3 Å². The zero-order chi connectivity index (χ0) is 11.2. The van der Waals surface area contributed by atoms with Crippen LogP contribution in [0.1, 0.15) is 17.9 Å². The molecule has 0 unspecified atom stereocenters. The lowest BCUT2D eigenvalue weighted by molar-refractivity contribution is -0.118. The van der Waals surface area contributed by atoms with Crippen LogP contribution in [0.2, 0.25) is 5.02 Å². The van der Waals surface area contributed by atoms with Gasteiger partial charge in [-0.2, -0.15) is 0 Å². The summed E-state index contributed by atoms with van der Waals surface area (Å²) in [6, 6.07) is 7.89. The maximum Gasteiger partial charge on any atom is 0.163 e. The molecule has 1 aliphatic carbocycles. The van der Waals surface area contributed by atoms with Crippen LogP contribution in [0.3, 0.4) is 0 Å². The second-order valence-corrected chi connectivity index (χ2v) is 5.78.